The van der Waals surface area contributed by atoms with E-state index in [2.05, 4.69) is 10.6 Å². The van der Waals surface area contributed by atoms with Crippen LogP contribution < -0.4 is 15.4 Å². The summed E-state index contributed by atoms with van der Waals surface area (Å²) in [7, 11) is 0. The summed E-state index contributed by atoms with van der Waals surface area (Å²) in [5, 5.41) is 5.14. The van der Waals surface area contributed by atoms with Crippen molar-refractivity contribution in [1.82, 2.24) is 10.6 Å². The van der Waals surface area contributed by atoms with E-state index in [1.807, 2.05) is 0 Å². The fourth-order valence-corrected chi connectivity index (χ4v) is 2.30. The Morgan fingerprint density at radius 3 is 2.11 bits per heavy atom. The van der Waals surface area contributed by atoms with Crippen LogP contribution >= 0.6 is 0 Å². The number of ether oxygens (including phenoxy) is 1. The number of hydrogen-bond acceptors (Lipinski definition) is 4. The van der Waals surface area contributed by atoms with Crippen molar-refractivity contribution >= 4 is 17.6 Å². The summed E-state index contributed by atoms with van der Waals surface area (Å²) in [4.78, 5) is 35.7. The van der Waals surface area contributed by atoms with Crippen LogP contribution in [0.3, 0.4) is 0 Å². The molecule has 0 bridgehead atoms. The van der Waals surface area contributed by atoms with E-state index in [-0.39, 0.29) is 18.3 Å². The molecule has 0 fully saturated rings. The highest BCUT2D eigenvalue weighted by atomic mass is 19.1. The molecule has 0 aliphatic rings. The fraction of sp³-hybridized carbons (Fsp3) is 0.250. The monoisotopic (exact) mass is 372 g/mol. The average Bonchev–Trinajstić information content (AvgIpc) is 2.67. The van der Waals surface area contributed by atoms with Gasteiger partial charge in [-0.25, -0.2) is 4.39 Å². The van der Waals surface area contributed by atoms with Crippen molar-refractivity contribution in [3.63, 3.8) is 0 Å². The second kappa shape index (κ2) is 9.47. The van der Waals surface area contributed by atoms with Crippen molar-refractivity contribution in [3.8, 4) is 5.75 Å². The van der Waals surface area contributed by atoms with E-state index in [1.165, 1.54) is 24.3 Å². The van der Waals surface area contributed by atoms with E-state index in [4.69, 9.17) is 4.74 Å². The molecule has 0 heterocycles. The first-order valence-electron chi connectivity index (χ1n) is 8.51. The zero-order valence-electron chi connectivity index (χ0n) is 15.1. The molecule has 1 atom stereocenters. The van der Waals surface area contributed by atoms with Gasteiger partial charge in [0, 0.05) is 17.7 Å². The molecule has 0 saturated heterocycles. The minimum atomic E-state index is -0.656. The summed E-state index contributed by atoms with van der Waals surface area (Å²) in [5.41, 5.74) is 0.798. The zero-order chi connectivity index (χ0) is 19.8. The van der Waals surface area contributed by atoms with Gasteiger partial charge in [0.15, 0.2) is 12.4 Å². The second-order valence-electron chi connectivity index (χ2n) is 5.83. The molecule has 142 valence electrons. The number of benzene rings is 2. The number of likely N-dealkylation sites (N-methyl/N-ethyl adjacent to an activating group) is 1. The van der Waals surface area contributed by atoms with E-state index in [1.54, 1.807) is 38.1 Å². The van der Waals surface area contributed by atoms with Crippen molar-refractivity contribution in [2.24, 2.45) is 0 Å². The van der Waals surface area contributed by atoms with Crippen LogP contribution in [0.1, 0.15) is 29.8 Å². The van der Waals surface area contributed by atoms with Crippen molar-refractivity contribution in [2.75, 3.05) is 13.2 Å². The molecule has 7 heteroatoms. The molecule has 2 N–H and O–H groups in total. The summed E-state index contributed by atoms with van der Waals surface area (Å²) < 4.78 is 18.3. The Labute approximate surface area is 156 Å². The van der Waals surface area contributed by atoms with Gasteiger partial charge in [-0.1, -0.05) is 0 Å². The van der Waals surface area contributed by atoms with E-state index in [9.17, 15) is 18.8 Å². The molecular weight excluding hydrogens is 351 g/mol. The molecule has 2 aromatic carbocycles. The standard InChI is InChI=1S/C20H21FN2O4/c1-3-22-20(26)13(2)23-18(24)12-27-17-10-6-15(7-11-17)19(25)14-4-8-16(21)9-5-14/h4-11,13H,3,12H2,1-2H3,(H,22,26)(H,23,24)/t13-/m1/s1. The maximum Gasteiger partial charge on any atom is 0.258 e. The van der Waals surface area contributed by atoms with E-state index < -0.39 is 17.8 Å². The highest BCUT2D eigenvalue weighted by Crippen LogP contribution is 2.16. The SMILES string of the molecule is CCNC(=O)[C@@H](C)NC(=O)COc1ccc(C(=O)c2ccc(F)cc2)cc1. The van der Waals surface area contributed by atoms with Crippen LogP contribution in [0.15, 0.2) is 48.5 Å². The van der Waals surface area contributed by atoms with Crippen LogP contribution in [0.2, 0.25) is 0 Å². The van der Waals surface area contributed by atoms with Gasteiger partial charge >= 0.3 is 0 Å². The van der Waals surface area contributed by atoms with Gasteiger partial charge in [-0.3, -0.25) is 14.4 Å². The third-order valence-corrected chi connectivity index (χ3v) is 3.71. The van der Waals surface area contributed by atoms with Gasteiger partial charge in [0.1, 0.15) is 17.6 Å². The summed E-state index contributed by atoms with van der Waals surface area (Å²) in [5.74, 6) is -0.939. The number of halogens is 1. The van der Waals surface area contributed by atoms with Gasteiger partial charge in [-0.05, 0) is 62.4 Å². The Balaban J connectivity index is 1.88. The first-order chi connectivity index (χ1) is 12.9. The number of amides is 2. The minimum Gasteiger partial charge on any atom is -0.484 e. The molecule has 6 nitrogen and oxygen atoms in total. The predicted molar refractivity (Wildman–Crippen MR) is 98.1 cm³/mol. The van der Waals surface area contributed by atoms with Crippen LogP contribution in [-0.2, 0) is 9.59 Å². The van der Waals surface area contributed by atoms with Gasteiger partial charge in [0.05, 0.1) is 0 Å². The largest absolute Gasteiger partial charge is 0.484 e. The van der Waals surface area contributed by atoms with Crippen LogP contribution in [0.25, 0.3) is 0 Å². The Morgan fingerprint density at radius 1 is 1.00 bits per heavy atom. The molecule has 0 radical (unpaired) electrons. The van der Waals surface area contributed by atoms with Gasteiger partial charge in [0.25, 0.3) is 5.91 Å². The van der Waals surface area contributed by atoms with Gasteiger partial charge < -0.3 is 15.4 Å². The zero-order valence-corrected chi connectivity index (χ0v) is 15.1. The van der Waals surface area contributed by atoms with Crippen molar-refractivity contribution in [2.45, 2.75) is 19.9 Å². The Kier molecular flexibility index (Phi) is 7.05. The van der Waals surface area contributed by atoms with E-state index in [0.29, 0.717) is 23.4 Å². The van der Waals surface area contributed by atoms with Crippen molar-refractivity contribution < 1.29 is 23.5 Å². The smallest absolute Gasteiger partial charge is 0.258 e. The van der Waals surface area contributed by atoms with E-state index in [0.717, 1.165) is 0 Å². The minimum absolute atomic E-state index is 0.241. The van der Waals surface area contributed by atoms with E-state index >= 15 is 0 Å². The van der Waals surface area contributed by atoms with Gasteiger partial charge in [-0.15, -0.1) is 0 Å². The first kappa shape index (κ1) is 20.1. The molecule has 0 saturated carbocycles. The molecule has 0 aliphatic carbocycles. The fourth-order valence-electron chi connectivity index (χ4n) is 2.30. The Bertz CT molecular complexity index is 804. The number of hydrogen-bond donors (Lipinski definition) is 2. The number of ketones is 1. The summed E-state index contributed by atoms with van der Waals surface area (Å²) in [6, 6.07) is 10.9. The van der Waals surface area contributed by atoms with Crippen LogP contribution in [-0.4, -0.2) is 36.8 Å². The number of nitrogens with one attached hydrogen (secondary N) is 2. The van der Waals surface area contributed by atoms with Crippen molar-refractivity contribution in [3.05, 3.63) is 65.5 Å². The lowest BCUT2D eigenvalue weighted by Crippen LogP contribution is -2.46. The number of carbonyl (C=O) groups excluding carboxylic acids is 3. The first-order valence-corrected chi connectivity index (χ1v) is 8.51. The van der Waals surface area contributed by atoms with Crippen LogP contribution in [0.5, 0.6) is 5.75 Å². The lowest BCUT2D eigenvalue weighted by atomic mass is 10.0. The molecule has 2 aromatic rings. The molecule has 2 rings (SSSR count). The summed E-state index contributed by atoms with van der Waals surface area (Å²) in [6.07, 6.45) is 0. The summed E-state index contributed by atoms with van der Waals surface area (Å²) >= 11 is 0. The second-order valence-corrected chi connectivity index (χ2v) is 5.83. The molecular formula is C20H21FN2O4. The Hall–Kier alpha value is -3.22. The van der Waals surface area contributed by atoms with Crippen LogP contribution in [0, 0.1) is 5.82 Å². The molecule has 0 spiro atoms. The molecule has 27 heavy (non-hydrogen) atoms. The maximum atomic E-state index is 12.9. The Morgan fingerprint density at radius 2 is 1.56 bits per heavy atom. The molecule has 0 unspecified atom stereocenters. The normalized spacial score (nSPS) is 11.4. The lowest BCUT2D eigenvalue weighted by molar-refractivity contribution is -0.129. The molecule has 0 aromatic heterocycles. The highest BCUT2D eigenvalue weighted by molar-refractivity contribution is 6.09. The lowest BCUT2D eigenvalue weighted by Gasteiger charge is -2.13. The number of rotatable bonds is 8. The average molecular weight is 372 g/mol. The third kappa shape index (κ3) is 5.91. The highest BCUT2D eigenvalue weighted by Gasteiger charge is 2.15. The van der Waals surface area contributed by atoms with Gasteiger partial charge in [0.2, 0.25) is 5.91 Å². The predicted octanol–water partition coefficient (Wildman–Crippen LogP) is 2.08. The molecule has 2 amide bonds. The summed E-state index contributed by atoms with van der Waals surface area (Å²) in [6.45, 7) is 3.60. The van der Waals surface area contributed by atoms with Gasteiger partial charge in [-0.2, -0.15) is 0 Å². The topological polar surface area (TPSA) is 84.5 Å². The number of carbonyl (C=O) groups is 3. The quantitative estimate of drug-likeness (QED) is 0.695. The maximum absolute atomic E-state index is 12.9. The molecule has 0 aliphatic heterocycles. The third-order valence-electron chi connectivity index (χ3n) is 3.71. The van der Waals surface area contributed by atoms with Crippen LogP contribution in [0.4, 0.5) is 4.39 Å². The van der Waals surface area contributed by atoms with Crippen molar-refractivity contribution in [1.29, 1.82) is 0 Å².